The van der Waals surface area contributed by atoms with Gasteiger partial charge in [0.15, 0.2) is 0 Å². The second-order valence-electron chi connectivity index (χ2n) is 8.22. The maximum absolute atomic E-state index is 12.8. The third-order valence-corrected chi connectivity index (χ3v) is 6.08. The fraction of sp³-hybridized carbons (Fsp3) is 0.667. The van der Waals surface area contributed by atoms with Gasteiger partial charge in [0.1, 0.15) is 0 Å². The quantitative estimate of drug-likeness (QED) is 0.863. The third-order valence-electron chi connectivity index (χ3n) is 6.08. The van der Waals surface area contributed by atoms with Crippen LogP contribution in [0.25, 0.3) is 0 Å². The van der Waals surface area contributed by atoms with Crippen molar-refractivity contribution in [2.45, 2.75) is 64.0 Å². The lowest BCUT2D eigenvalue weighted by Gasteiger charge is -2.38. The molecule has 1 aliphatic carbocycles. The van der Waals surface area contributed by atoms with E-state index >= 15 is 0 Å². The van der Waals surface area contributed by atoms with E-state index in [1.807, 2.05) is 6.92 Å². The van der Waals surface area contributed by atoms with Gasteiger partial charge in [-0.25, -0.2) is 0 Å². The molecule has 4 heteroatoms. The van der Waals surface area contributed by atoms with Crippen molar-refractivity contribution in [2.24, 2.45) is 11.7 Å². The summed E-state index contributed by atoms with van der Waals surface area (Å²) >= 11 is 0. The Kier molecular flexibility index (Phi) is 5.80. The summed E-state index contributed by atoms with van der Waals surface area (Å²) < 4.78 is 0. The number of likely N-dealkylation sites (tertiary alicyclic amines) is 1. The van der Waals surface area contributed by atoms with E-state index in [0.29, 0.717) is 6.54 Å². The van der Waals surface area contributed by atoms with Crippen LogP contribution >= 0.6 is 0 Å². The second kappa shape index (κ2) is 7.88. The molecule has 0 aromatic heterocycles. The van der Waals surface area contributed by atoms with E-state index in [4.69, 9.17) is 5.73 Å². The van der Waals surface area contributed by atoms with Gasteiger partial charge in [-0.3, -0.25) is 9.69 Å². The van der Waals surface area contributed by atoms with Crippen molar-refractivity contribution in [1.82, 2.24) is 10.2 Å². The van der Waals surface area contributed by atoms with Gasteiger partial charge in [0.25, 0.3) is 0 Å². The molecule has 3 atom stereocenters. The summed E-state index contributed by atoms with van der Waals surface area (Å²) in [4.78, 5) is 15.3. The van der Waals surface area contributed by atoms with Crippen LogP contribution in [0.4, 0.5) is 0 Å². The molecule has 2 aliphatic rings. The fourth-order valence-electron chi connectivity index (χ4n) is 4.41. The molecule has 3 rings (SSSR count). The minimum absolute atomic E-state index is 0.0569. The van der Waals surface area contributed by atoms with Crippen LogP contribution in [0.2, 0.25) is 0 Å². The molecule has 1 amide bonds. The highest BCUT2D eigenvalue weighted by Crippen LogP contribution is 2.32. The van der Waals surface area contributed by atoms with Crippen molar-refractivity contribution in [3.63, 3.8) is 0 Å². The van der Waals surface area contributed by atoms with Crippen molar-refractivity contribution in [2.75, 3.05) is 19.6 Å². The van der Waals surface area contributed by atoms with E-state index in [1.165, 1.54) is 24.0 Å². The summed E-state index contributed by atoms with van der Waals surface area (Å²) in [5.41, 5.74) is 8.61. The van der Waals surface area contributed by atoms with E-state index in [0.717, 1.165) is 38.8 Å². The molecular formula is C21H33N3O. The maximum Gasteiger partial charge on any atom is 0.225 e. The van der Waals surface area contributed by atoms with Crippen LogP contribution in [0.5, 0.6) is 0 Å². The molecule has 2 fully saturated rings. The molecule has 1 aromatic rings. The molecule has 1 saturated carbocycles. The molecule has 1 saturated heterocycles. The Morgan fingerprint density at radius 2 is 1.92 bits per heavy atom. The standard InChI is InChI=1S/C21H33N3O/c1-16-8-10-17(11-9-16)19(24-13-5-6-14-24)15-23-20(25)18-7-3-4-12-21(18,2)22/h8-11,18-19H,3-7,12-15,22H2,1-2H3,(H,23,25). The Labute approximate surface area is 152 Å². The van der Waals surface area contributed by atoms with Gasteiger partial charge in [-0.2, -0.15) is 0 Å². The van der Waals surface area contributed by atoms with Crippen molar-refractivity contribution in [3.8, 4) is 0 Å². The lowest BCUT2D eigenvalue weighted by molar-refractivity contribution is -0.128. The van der Waals surface area contributed by atoms with Gasteiger partial charge in [-0.1, -0.05) is 42.7 Å². The molecule has 0 spiro atoms. The largest absolute Gasteiger partial charge is 0.354 e. The normalized spacial score (nSPS) is 28.7. The lowest BCUT2D eigenvalue weighted by atomic mass is 9.74. The van der Waals surface area contributed by atoms with Crippen molar-refractivity contribution >= 4 is 5.91 Å². The first kappa shape index (κ1) is 18.4. The van der Waals surface area contributed by atoms with Crippen molar-refractivity contribution < 1.29 is 4.79 Å². The van der Waals surface area contributed by atoms with Gasteiger partial charge in [0, 0.05) is 12.1 Å². The van der Waals surface area contributed by atoms with Gasteiger partial charge < -0.3 is 11.1 Å². The van der Waals surface area contributed by atoms with Crippen LogP contribution in [0.15, 0.2) is 24.3 Å². The number of rotatable bonds is 5. The zero-order valence-corrected chi connectivity index (χ0v) is 15.8. The van der Waals surface area contributed by atoms with E-state index in [2.05, 4.69) is 41.4 Å². The number of aryl methyl sites for hydroxylation is 1. The average molecular weight is 344 g/mol. The van der Waals surface area contributed by atoms with Crippen molar-refractivity contribution in [1.29, 1.82) is 0 Å². The van der Waals surface area contributed by atoms with Crippen LogP contribution in [-0.4, -0.2) is 36.0 Å². The highest BCUT2D eigenvalue weighted by Gasteiger charge is 2.38. The predicted octanol–water partition coefficient (Wildman–Crippen LogP) is 3.16. The highest BCUT2D eigenvalue weighted by molar-refractivity contribution is 5.80. The summed E-state index contributed by atoms with van der Waals surface area (Å²) in [6.45, 7) is 7.06. The Morgan fingerprint density at radius 1 is 1.24 bits per heavy atom. The number of amides is 1. The number of nitrogens with two attached hydrogens (primary N) is 1. The summed E-state index contributed by atoms with van der Waals surface area (Å²) in [6.07, 6.45) is 6.60. The second-order valence-corrected chi connectivity index (χ2v) is 8.22. The van der Waals surface area contributed by atoms with Crippen LogP contribution in [0.1, 0.15) is 62.6 Å². The molecule has 0 radical (unpaired) electrons. The monoisotopic (exact) mass is 343 g/mol. The summed E-state index contributed by atoms with van der Waals surface area (Å²) in [6, 6.07) is 9.01. The lowest BCUT2D eigenvalue weighted by Crippen LogP contribution is -2.53. The molecule has 138 valence electrons. The number of hydrogen-bond donors (Lipinski definition) is 2. The molecule has 0 bridgehead atoms. The maximum atomic E-state index is 12.8. The smallest absolute Gasteiger partial charge is 0.225 e. The molecular weight excluding hydrogens is 310 g/mol. The van der Waals surface area contributed by atoms with Gasteiger partial charge >= 0.3 is 0 Å². The first-order valence-electron chi connectivity index (χ1n) is 9.84. The SMILES string of the molecule is Cc1ccc(C(CNC(=O)C2CCCCC2(C)N)N2CCCC2)cc1. The van der Waals surface area contributed by atoms with Gasteiger partial charge in [-0.15, -0.1) is 0 Å². The number of nitrogens with zero attached hydrogens (tertiary/aromatic N) is 1. The van der Waals surface area contributed by atoms with Gasteiger partial charge in [0.2, 0.25) is 5.91 Å². The van der Waals surface area contributed by atoms with Crippen LogP contribution in [-0.2, 0) is 4.79 Å². The van der Waals surface area contributed by atoms with Crippen LogP contribution in [0, 0.1) is 12.8 Å². The number of nitrogens with one attached hydrogen (secondary N) is 1. The molecule has 4 nitrogen and oxygen atoms in total. The Morgan fingerprint density at radius 3 is 2.56 bits per heavy atom. The minimum Gasteiger partial charge on any atom is -0.354 e. The fourth-order valence-corrected chi connectivity index (χ4v) is 4.41. The Bertz CT molecular complexity index is 575. The zero-order valence-electron chi connectivity index (χ0n) is 15.8. The third kappa shape index (κ3) is 4.42. The molecule has 1 aliphatic heterocycles. The Hall–Kier alpha value is -1.39. The summed E-state index contributed by atoms with van der Waals surface area (Å²) in [5, 5.41) is 3.24. The van der Waals surface area contributed by atoms with Crippen LogP contribution in [0.3, 0.4) is 0 Å². The van der Waals surface area contributed by atoms with Gasteiger partial charge in [0.05, 0.1) is 12.0 Å². The topological polar surface area (TPSA) is 58.4 Å². The number of carbonyl (C=O) groups excluding carboxylic acids is 1. The highest BCUT2D eigenvalue weighted by atomic mass is 16.1. The Balaban J connectivity index is 1.68. The van der Waals surface area contributed by atoms with Crippen LogP contribution < -0.4 is 11.1 Å². The van der Waals surface area contributed by atoms with Crippen molar-refractivity contribution in [3.05, 3.63) is 35.4 Å². The molecule has 3 N–H and O–H groups in total. The predicted molar refractivity (Wildman–Crippen MR) is 102 cm³/mol. The zero-order chi connectivity index (χ0) is 17.9. The number of benzene rings is 1. The minimum atomic E-state index is -0.366. The summed E-state index contributed by atoms with van der Waals surface area (Å²) in [5.74, 6) is 0.0829. The molecule has 3 unspecified atom stereocenters. The summed E-state index contributed by atoms with van der Waals surface area (Å²) in [7, 11) is 0. The average Bonchev–Trinajstić information content (AvgIpc) is 3.10. The number of carbonyl (C=O) groups is 1. The first-order valence-corrected chi connectivity index (χ1v) is 9.84. The van der Waals surface area contributed by atoms with E-state index < -0.39 is 0 Å². The first-order chi connectivity index (χ1) is 12.0. The van der Waals surface area contributed by atoms with E-state index in [-0.39, 0.29) is 23.4 Å². The molecule has 25 heavy (non-hydrogen) atoms. The molecule has 1 heterocycles. The van der Waals surface area contributed by atoms with Gasteiger partial charge in [-0.05, 0) is 58.2 Å². The van der Waals surface area contributed by atoms with E-state index in [1.54, 1.807) is 0 Å². The van der Waals surface area contributed by atoms with E-state index in [9.17, 15) is 4.79 Å². The molecule has 1 aromatic carbocycles. The number of hydrogen-bond acceptors (Lipinski definition) is 3.